The van der Waals surface area contributed by atoms with Crippen molar-refractivity contribution in [3.63, 3.8) is 0 Å². The highest BCUT2D eigenvalue weighted by Crippen LogP contribution is 2.21. The Kier molecular flexibility index (Phi) is 3.28. The van der Waals surface area contributed by atoms with Gasteiger partial charge in [-0.25, -0.2) is 4.98 Å². The molecule has 2 N–H and O–H groups in total. The first-order valence-electron chi connectivity index (χ1n) is 6.43. The normalized spacial score (nSPS) is 10.9. The second kappa shape index (κ2) is 5.09. The van der Waals surface area contributed by atoms with Gasteiger partial charge in [0.25, 0.3) is 0 Å². The van der Waals surface area contributed by atoms with E-state index in [0.717, 1.165) is 27.5 Å². The van der Waals surface area contributed by atoms with Gasteiger partial charge in [0.1, 0.15) is 5.01 Å². The minimum absolute atomic E-state index is 0.717. The number of nitrogens with zero attached hydrogens (tertiary/aromatic N) is 3. The third kappa shape index (κ3) is 2.58. The van der Waals surface area contributed by atoms with Crippen LogP contribution in [0.25, 0.3) is 11.1 Å². The highest BCUT2D eigenvalue weighted by Gasteiger charge is 2.06. The van der Waals surface area contributed by atoms with Crippen LogP contribution in [0.15, 0.2) is 36.7 Å². The van der Waals surface area contributed by atoms with Gasteiger partial charge >= 0.3 is 0 Å². The van der Waals surface area contributed by atoms with Crippen molar-refractivity contribution in [3.05, 3.63) is 52.2 Å². The lowest BCUT2D eigenvalue weighted by atomic mass is 10.1. The molecule has 0 amide bonds. The van der Waals surface area contributed by atoms with Crippen molar-refractivity contribution in [2.24, 2.45) is 0 Å². The second-order valence-corrected chi connectivity index (χ2v) is 6.09. The first kappa shape index (κ1) is 12.9. The van der Waals surface area contributed by atoms with E-state index in [0.29, 0.717) is 6.54 Å². The van der Waals surface area contributed by atoms with Crippen LogP contribution in [-0.4, -0.2) is 14.8 Å². The van der Waals surface area contributed by atoms with E-state index in [9.17, 15) is 0 Å². The van der Waals surface area contributed by atoms with E-state index in [1.54, 1.807) is 11.3 Å². The lowest BCUT2D eigenvalue weighted by Crippen LogP contribution is -1.99. The van der Waals surface area contributed by atoms with E-state index >= 15 is 0 Å². The summed E-state index contributed by atoms with van der Waals surface area (Å²) in [4.78, 5) is 5.81. The second-order valence-electron chi connectivity index (χ2n) is 4.80. The van der Waals surface area contributed by atoms with Crippen LogP contribution in [0.2, 0.25) is 0 Å². The molecule has 0 atom stereocenters. The van der Waals surface area contributed by atoms with Crippen LogP contribution in [0.1, 0.15) is 15.6 Å². The fourth-order valence-corrected chi connectivity index (χ4v) is 2.95. The number of thiazole rings is 1. The van der Waals surface area contributed by atoms with Crippen LogP contribution in [0.3, 0.4) is 0 Å². The largest absolute Gasteiger partial charge is 0.399 e. The summed E-state index contributed by atoms with van der Waals surface area (Å²) in [5.41, 5.74) is 9.80. The molecule has 1 aromatic carbocycles. The highest BCUT2D eigenvalue weighted by molar-refractivity contribution is 7.11. The lowest BCUT2D eigenvalue weighted by molar-refractivity contribution is 0.682. The molecule has 5 heteroatoms. The summed E-state index contributed by atoms with van der Waals surface area (Å²) in [6, 6.07) is 7.82. The molecule has 0 aliphatic carbocycles. The van der Waals surface area contributed by atoms with Crippen LogP contribution < -0.4 is 5.73 Å². The fraction of sp³-hybridized carbons (Fsp3) is 0.200. The van der Waals surface area contributed by atoms with Gasteiger partial charge in [-0.05, 0) is 31.5 Å². The number of anilines is 1. The average molecular weight is 284 g/mol. The smallest absolute Gasteiger partial charge is 0.115 e. The van der Waals surface area contributed by atoms with Crippen LogP contribution >= 0.6 is 11.3 Å². The summed E-state index contributed by atoms with van der Waals surface area (Å²) >= 11 is 1.73. The molecule has 3 aromatic rings. The molecule has 0 radical (unpaired) electrons. The molecule has 3 rings (SSSR count). The third-order valence-corrected chi connectivity index (χ3v) is 4.30. The van der Waals surface area contributed by atoms with Gasteiger partial charge in [-0.15, -0.1) is 11.3 Å². The Labute approximate surface area is 121 Å². The molecule has 4 nitrogen and oxygen atoms in total. The summed E-state index contributed by atoms with van der Waals surface area (Å²) in [5, 5.41) is 5.49. The molecule has 2 aromatic heterocycles. The number of aromatic nitrogens is 3. The van der Waals surface area contributed by atoms with Crippen molar-refractivity contribution in [2.45, 2.75) is 20.4 Å². The number of hydrogen-bond donors (Lipinski definition) is 1. The van der Waals surface area contributed by atoms with Crippen molar-refractivity contribution in [3.8, 4) is 11.1 Å². The standard InChI is InChI=1S/C15H16N4S/c1-10-11(2)20-15(18-10)9-19-8-13(7-17-19)12-3-5-14(16)6-4-12/h3-8H,9,16H2,1-2H3. The first-order valence-corrected chi connectivity index (χ1v) is 7.25. The van der Waals surface area contributed by atoms with E-state index in [1.165, 1.54) is 4.88 Å². The summed E-state index contributed by atoms with van der Waals surface area (Å²) in [6.45, 7) is 4.85. The van der Waals surface area contributed by atoms with Crippen molar-refractivity contribution >= 4 is 17.0 Å². The molecule has 102 valence electrons. The van der Waals surface area contributed by atoms with Crippen LogP contribution in [-0.2, 0) is 6.54 Å². The van der Waals surface area contributed by atoms with Gasteiger partial charge in [-0.1, -0.05) is 12.1 Å². The average Bonchev–Trinajstić information content (AvgIpc) is 2.99. The Bertz CT molecular complexity index is 705. The molecular formula is C15H16N4S. The molecule has 0 aliphatic rings. The quantitative estimate of drug-likeness (QED) is 0.751. The van der Waals surface area contributed by atoms with Gasteiger partial charge in [0, 0.05) is 22.3 Å². The first-order chi connectivity index (χ1) is 9.61. The van der Waals surface area contributed by atoms with Gasteiger partial charge in [0.2, 0.25) is 0 Å². The maximum Gasteiger partial charge on any atom is 0.115 e. The molecule has 0 unspecified atom stereocenters. The number of benzene rings is 1. The number of nitrogens with two attached hydrogens (primary N) is 1. The van der Waals surface area contributed by atoms with E-state index in [4.69, 9.17) is 5.73 Å². The van der Waals surface area contributed by atoms with Gasteiger partial charge < -0.3 is 5.73 Å². The molecule has 0 fully saturated rings. The van der Waals surface area contributed by atoms with E-state index < -0.39 is 0 Å². The highest BCUT2D eigenvalue weighted by atomic mass is 32.1. The Morgan fingerprint density at radius 2 is 1.90 bits per heavy atom. The summed E-state index contributed by atoms with van der Waals surface area (Å²) in [5.74, 6) is 0. The maximum absolute atomic E-state index is 5.70. The SMILES string of the molecule is Cc1nc(Cn2cc(-c3ccc(N)cc3)cn2)sc1C. The van der Waals surface area contributed by atoms with Gasteiger partial charge in [-0.3, -0.25) is 4.68 Å². The van der Waals surface area contributed by atoms with Crippen molar-refractivity contribution < 1.29 is 0 Å². The summed E-state index contributed by atoms with van der Waals surface area (Å²) in [6.07, 6.45) is 3.91. The number of rotatable bonds is 3. The number of hydrogen-bond acceptors (Lipinski definition) is 4. The molecule has 2 heterocycles. The Balaban J connectivity index is 1.81. The zero-order valence-corrected chi connectivity index (χ0v) is 12.3. The zero-order valence-electron chi connectivity index (χ0n) is 11.5. The minimum atomic E-state index is 0.717. The molecule has 0 saturated carbocycles. The molecule has 0 bridgehead atoms. The molecule has 0 saturated heterocycles. The zero-order chi connectivity index (χ0) is 14.1. The summed E-state index contributed by atoms with van der Waals surface area (Å²) < 4.78 is 1.92. The Hall–Kier alpha value is -2.14. The Morgan fingerprint density at radius 3 is 2.55 bits per heavy atom. The minimum Gasteiger partial charge on any atom is -0.399 e. The molecular weight excluding hydrogens is 268 g/mol. The van der Waals surface area contributed by atoms with Crippen molar-refractivity contribution in [1.82, 2.24) is 14.8 Å². The summed E-state index contributed by atoms with van der Waals surface area (Å²) in [7, 11) is 0. The van der Waals surface area contributed by atoms with Crippen molar-refractivity contribution in [1.29, 1.82) is 0 Å². The molecule has 20 heavy (non-hydrogen) atoms. The van der Waals surface area contributed by atoms with Crippen LogP contribution in [0, 0.1) is 13.8 Å². The lowest BCUT2D eigenvalue weighted by Gasteiger charge is -1.98. The van der Waals surface area contributed by atoms with E-state index in [-0.39, 0.29) is 0 Å². The predicted octanol–water partition coefficient (Wildman–Crippen LogP) is 3.25. The molecule has 0 spiro atoms. The van der Waals surface area contributed by atoms with E-state index in [1.807, 2.05) is 48.3 Å². The molecule has 0 aliphatic heterocycles. The van der Waals surface area contributed by atoms with Crippen LogP contribution in [0.5, 0.6) is 0 Å². The number of nitrogen functional groups attached to an aromatic ring is 1. The fourth-order valence-electron chi connectivity index (χ4n) is 2.02. The van der Waals surface area contributed by atoms with Gasteiger partial charge in [0.05, 0.1) is 18.4 Å². The Morgan fingerprint density at radius 1 is 1.15 bits per heavy atom. The van der Waals surface area contributed by atoms with Gasteiger partial charge in [0.15, 0.2) is 0 Å². The van der Waals surface area contributed by atoms with Gasteiger partial charge in [-0.2, -0.15) is 5.10 Å². The van der Waals surface area contributed by atoms with E-state index in [2.05, 4.69) is 17.0 Å². The maximum atomic E-state index is 5.70. The topological polar surface area (TPSA) is 56.7 Å². The monoisotopic (exact) mass is 284 g/mol. The third-order valence-electron chi connectivity index (χ3n) is 3.25. The van der Waals surface area contributed by atoms with Crippen molar-refractivity contribution in [2.75, 3.05) is 5.73 Å². The number of aryl methyl sites for hydroxylation is 2. The van der Waals surface area contributed by atoms with Crippen LogP contribution in [0.4, 0.5) is 5.69 Å². The predicted molar refractivity (Wildman–Crippen MR) is 82.8 cm³/mol.